The molecule has 0 spiro atoms. The van der Waals surface area contributed by atoms with Gasteiger partial charge in [0.15, 0.2) is 16.1 Å². The highest BCUT2D eigenvalue weighted by Crippen LogP contribution is 2.25. The number of benzene rings is 2. The van der Waals surface area contributed by atoms with Crippen LogP contribution in [-0.2, 0) is 11.8 Å². The zero-order chi connectivity index (χ0) is 31.1. The average molecular weight is 619 g/mol. The van der Waals surface area contributed by atoms with E-state index in [0.29, 0.717) is 33.3 Å². The SMILES string of the molecule is CNC(=S)NNC(=O)c1cc(C(=O)OC)c2ccccc2n1.CSc1nnc(-c2cc(C(=O)O)c3ccccc3n2)n1C. The van der Waals surface area contributed by atoms with Crippen molar-refractivity contribution >= 4 is 68.7 Å². The van der Waals surface area contributed by atoms with Crippen LogP contribution in [0, 0.1) is 0 Å². The lowest BCUT2D eigenvalue weighted by atomic mass is 10.1. The summed E-state index contributed by atoms with van der Waals surface area (Å²) >= 11 is 6.33. The molecule has 3 heterocycles. The lowest BCUT2D eigenvalue weighted by molar-refractivity contribution is 0.0602. The van der Waals surface area contributed by atoms with Crippen LogP contribution in [0.3, 0.4) is 0 Å². The summed E-state index contributed by atoms with van der Waals surface area (Å²) in [6.07, 6.45) is 1.91. The third-order valence-electron chi connectivity index (χ3n) is 6.06. The summed E-state index contributed by atoms with van der Waals surface area (Å²) in [6.45, 7) is 0. The van der Waals surface area contributed by atoms with Gasteiger partial charge in [-0.1, -0.05) is 48.2 Å². The second kappa shape index (κ2) is 13.7. The van der Waals surface area contributed by atoms with Crippen molar-refractivity contribution in [3.8, 4) is 11.5 Å². The quantitative estimate of drug-likeness (QED) is 0.0980. The lowest BCUT2D eigenvalue weighted by Crippen LogP contribution is -2.45. The van der Waals surface area contributed by atoms with Gasteiger partial charge in [0.05, 0.1) is 29.3 Å². The second-order valence-electron chi connectivity index (χ2n) is 8.67. The molecule has 5 rings (SSSR count). The number of aromatic carboxylic acids is 1. The van der Waals surface area contributed by atoms with Crippen molar-refractivity contribution in [2.75, 3.05) is 20.4 Å². The highest BCUT2D eigenvalue weighted by Gasteiger charge is 2.18. The number of thiocarbonyl (C=S) groups is 1. The number of amides is 1. The summed E-state index contributed by atoms with van der Waals surface area (Å²) in [5.41, 5.74) is 7.10. The number of rotatable bonds is 5. The first-order valence-electron chi connectivity index (χ1n) is 12.5. The minimum atomic E-state index is -0.984. The maximum absolute atomic E-state index is 12.1. The van der Waals surface area contributed by atoms with Crippen LogP contribution in [0.15, 0.2) is 65.8 Å². The number of ether oxygens (including phenoxy) is 1. The van der Waals surface area contributed by atoms with E-state index in [1.165, 1.54) is 24.9 Å². The molecule has 5 aromatic rings. The molecule has 0 bridgehead atoms. The molecule has 1 amide bonds. The number of aromatic nitrogens is 5. The summed E-state index contributed by atoms with van der Waals surface area (Å²) in [5, 5.41) is 22.4. The van der Waals surface area contributed by atoms with Crippen molar-refractivity contribution in [1.29, 1.82) is 0 Å². The number of pyridine rings is 2. The number of nitrogens with one attached hydrogen (secondary N) is 3. The van der Waals surface area contributed by atoms with Crippen molar-refractivity contribution in [2.45, 2.75) is 5.16 Å². The number of para-hydroxylation sites is 2. The fourth-order valence-electron chi connectivity index (χ4n) is 3.99. The maximum atomic E-state index is 12.1. The largest absolute Gasteiger partial charge is 0.478 e. The van der Waals surface area contributed by atoms with Crippen LogP contribution in [0.25, 0.3) is 33.3 Å². The zero-order valence-electron chi connectivity index (χ0n) is 23.4. The van der Waals surface area contributed by atoms with Gasteiger partial charge in [-0.3, -0.25) is 15.6 Å². The predicted octanol–water partition coefficient (Wildman–Crippen LogP) is 3.21. The van der Waals surface area contributed by atoms with Crippen molar-refractivity contribution < 1.29 is 24.2 Å². The Kier molecular flexibility index (Phi) is 9.80. The van der Waals surface area contributed by atoms with Gasteiger partial charge < -0.3 is 19.7 Å². The molecule has 0 aliphatic heterocycles. The van der Waals surface area contributed by atoms with Gasteiger partial charge >= 0.3 is 11.9 Å². The van der Waals surface area contributed by atoms with Gasteiger partial charge in [-0.15, -0.1) is 10.2 Å². The second-order valence-corrected chi connectivity index (χ2v) is 9.85. The van der Waals surface area contributed by atoms with Crippen LogP contribution in [0.2, 0.25) is 0 Å². The highest BCUT2D eigenvalue weighted by atomic mass is 32.2. The summed E-state index contributed by atoms with van der Waals surface area (Å²) < 4.78 is 6.55. The third-order valence-corrected chi connectivity index (χ3v) is 7.09. The number of hydrogen-bond acceptors (Lipinski definition) is 10. The van der Waals surface area contributed by atoms with E-state index in [1.807, 2.05) is 19.4 Å². The normalized spacial score (nSPS) is 10.4. The minimum Gasteiger partial charge on any atom is -0.478 e. The fraction of sp³-hybridized carbons (Fsp3) is 0.143. The van der Waals surface area contributed by atoms with Gasteiger partial charge in [-0.25, -0.2) is 19.6 Å². The molecule has 0 atom stereocenters. The monoisotopic (exact) mass is 618 g/mol. The van der Waals surface area contributed by atoms with E-state index in [1.54, 1.807) is 60.1 Å². The Morgan fingerprint density at radius 1 is 0.930 bits per heavy atom. The number of carbonyl (C=O) groups is 3. The van der Waals surface area contributed by atoms with E-state index < -0.39 is 17.8 Å². The number of esters is 1. The van der Waals surface area contributed by atoms with E-state index in [4.69, 9.17) is 17.0 Å². The Morgan fingerprint density at radius 3 is 2.14 bits per heavy atom. The summed E-state index contributed by atoms with van der Waals surface area (Å²) in [6, 6.07) is 17.1. The number of fused-ring (bicyclic) bond motifs is 2. The molecular weight excluding hydrogens is 592 g/mol. The lowest BCUT2D eigenvalue weighted by Gasteiger charge is -2.10. The molecule has 0 unspecified atom stereocenters. The molecule has 0 aliphatic carbocycles. The Morgan fingerprint density at radius 2 is 1.56 bits per heavy atom. The van der Waals surface area contributed by atoms with E-state index in [9.17, 15) is 19.5 Å². The molecule has 0 saturated heterocycles. The average Bonchev–Trinajstić information content (AvgIpc) is 3.42. The molecular formula is C28H26N8O5S2. The number of methoxy groups -OCH3 is 1. The molecule has 13 nitrogen and oxygen atoms in total. The van der Waals surface area contributed by atoms with Gasteiger partial charge in [0, 0.05) is 24.9 Å². The van der Waals surface area contributed by atoms with Gasteiger partial charge in [0.2, 0.25) is 0 Å². The summed E-state index contributed by atoms with van der Waals surface area (Å²) in [7, 11) is 4.73. The Balaban J connectivity index is 0.000000197. The van der Waals surface area contributed by atoms with E-state index in [-0.39, 0.29) is 21.9 Å². The third kappa shape index (κ3) is 6.85. The fourth-order valence-corrected chi connectivity index (χ4v) is 4.53. The predicted molar refractivity (Wildman–Crippen MR) is 166 cm³/mol. The van der Waals surface area contributed by atoms with Gasteiger partial charge in [0.25, 0.3) is 5.91 Å². The first kappa shape index (κ1) is 30.8. The molecule has 2 aromatic carbocycles. The van der Waals surface area contributed by atoms with E-state index in [0.717, 1.165) is 5.16 Å². The molecule has 0 aliphatic rings. The zero-order valence-corrected chi connectivity index (χ0v) is 25.0. The van der Waals surface area contributed by atoms with Gasteiger partial charge in [-0.2, -0.15) is 0 Å². The molecule has 0 radical (unpaired) electrons. The molecule has 43 heavy (non-hydrogen) atoms. The summed E-state index contributed by atoms with van der Waals surface area (Å²) in [5.74, 6) is -1.49. The smallest absolute Gasteiger partial charge is 0.338 e. The van der Waals surface area contributed by atoms with Crippen LogP contribution in [0.5, 0.6) is 0 Å². The Bertz CT molecular complexity index is 1860. The number of hydrazine groups is 1. The van der Waals surface area contributed by atoms with Crippen molar-refractivity contribution in [1.82, 2.24) is 40.9 Å². The number of carbonyl (C=O) groups excluding carboxylic acids is 2. The van der Waals surface area contributed by atoms with Crippen LogP contribution in [0.1, 0.15) is 31.2 Å². The van der Waals surface area contributed by atoms with E-state index in [2.05, 4.69) is 36.3 Å². The minimum absolute atomic E-state index is 0.0745. The van der Waals surface area contributed by atoms with Crippen LogP contribution in [-0.4, -0.2) is 73.2 Å². The summed E-state index contributed by atoms with van der Waals surface area (Å²) in [4.78, 5) is 44.2. The van der Waals surface area contributed by atoms with Gasteiger partial charge in [-0.05, 0) is 42.7 Å². The van der Waals surface area contributed by atoms with E-state index >= 15 is 0 Å². The molecule has 220 valence electrons. The standard InChI is InChI=1S/C14H14N4O3S.C14H12N4O2S/c1-15-14(22)18-17-12(19)11-7-9(13(20)21-2)8-5-3-4-6-10(8)16-11;1-18-12(16-17-14(18)21-2)11-7-9(13(19)20)8-5-3-4-6-10(8)15-11/h3-7H,1-2H3,(H,17,19)(H2,15,18,22);3-7H,1-2H3,(H,19,20). The molecule has 0 fully saturated rings. The molecule has 4 N–H and O–H groups in total. The maximum Gasteiger partial charge on any atom is 0.338 e. The Hall–Kier alpha value is -5.15. The van der Waals surface area contributed by atoms with Gasteiger partial charge in [0.1, 0.15) is 11.4 Å². The van der Waals surface area contributed by atoms with Crippen LogP contribution >= 0.6 is 24.0 Å². The molecule has 0 saturated carbocycles. The first-order chi connectivity index (χ1) is 20.7. The van der Waals surface area contributed by atoms with Crippen LogP contribution in [0.4, 0.5) is 0 Å². The van der Waals surface area contributed by atoms with Crippen molar-refractivity contribution in [3.05, 3.63) is 77.5 Å². The number of hydrogen-bond donors (Lipinski definition) is 4. The molecule has 3 aromatic heterocycles. The van der Waals surface area contributed by atoms with Crippen molar-refractivity contribution in [2.24, 2.45) is 7.05 Å². The van der Waals surface area contributed by atoms with Crippen LogP contribution < -0.4 is 16.2 Å². The number of nitrogens with zero attached hydrogens (tertiary/aromatic N) is 5. The first-order valence-corrected chi connectivity index (χ1v) is 14.1. The van der Waals surface area contributed by atoms with Crippen molar-refractivity contribution in [3.63, 3.8) is 0 Å². The molecule has 15 heteroatoms. The highest BCUT2D eigenvalue weighted by molar-refractivity contribution is 7.98. The number of carboxylic acid groups (broad SMARTS) is 1. The number of carboxylic acids is 1. The Labute approximate surface area is 255 Å². The topological polar surface area (TPSA) is 173 Å². The number of thioether (sulfide) groups is 1.